The Morgan fingerprint density at radius 3 is 2.87 bits per heavy atom. The number of piperidine rings is 1. The number of rotatable bonds is 7. The van der Waals surface area contributed by atoms with E-state index in [0.717, 1.165) is 63.8 Å². The van der Waals surface area contributed by atoms with E-state index in [4.69, 9.17) is 4.74 Å². The van der Waals surface area contributed by atoms with Gasteiger partial charge in [-0.3, -0.25) is 14.5 Å². The summed E-state index contributed by atoms with van der Waals surface area (Å²) in [5, 5.41) is 2.86. The van der Waals surface area contributed by atoms with Crippen molar-refractivity contribution in [3.63, 3.8) is 0 Å². The molecule has 1 aliphatic carbocycles. The molecule has 5 rings (SSSR count). The third kappa shape index (κ3) is 6.48. The monoisotopic (exact) mass is 542 g/mol. The van der Waals surface area contributed by atoms with E-state index < -0.39 is 17.7 Å². The standard InChI is InChI=1S/C29H33F3N4O3/c1-34-10-2-3-20(15-34)4-5-22-16-36(25-9-12-39-19-25)17-23(22)14-33-27(37)18-35-11-8-21-6-7-24(29(30,31)32)13-26(21)28(35)38/h2-3,10,13-14,22,25H,4-5,8-9,11-12,15-19H2,1H3,(H,33,37)/b23-14-. The second-order valence-electron chi connectivity index (χ2n) is 10.7. The average molecular weight is 543 g/mol. The third-order valence-corrected chi connectivity index (χ3v) is 7.90. The first-order chi connectivity index (χ1) is 18.7. The number of likely N-dealkylation sites (N-methyl/N-ethyl adjacent to an activating group) is 1. The summed E-state index contributed by atoms with van der Waals surface area (Å²) in [5.74, 6) is -0.676. The molecule has 0 aromatic carbocycles. The highest BCUT2D eigenvalue weighted by molar-refractivity contribution is 6.01. The Balaban J connectivity index is 1.21. The van der Waals surface area contributed by atoms with Crippen molar-refractivity contribution in [3.05, 3.63) is 70.0 Å². The lowest BCUT2D eigenvalue weighted by Gasteiger charge is -2.29. The van der Waals surface area contributed by atoms with Gasteiger partial charge in [-0.2, -0.15) is 13.2 Å². The number of carbonyl (C=O) groups excluding carboxylic acids is 2. The normalized spacial score (nSPS) is 26.5. The number of hydrogen-bond acceptors (Lipinski definition) is 5. The van der Waals surface area contributed by atoms with E-state index in [9.17, 15) is 22.8 Å². The summed E-state index contributed by atoms with van der Waals surface area (Å²) in [7, 11) is 2.05. The Morgan fingerprint density at radius 1 is 1.28 bits per heavy atom. The maximum absolute atomic E-state index is 13.1. The first-order valence-corrected chi connectivity index (χ1v) is 13.4. The lowest BCUT2D eigenvalue weighted by Crippen LogP contribution is -2.44. The van der Waals surface area contributed by atoms with Crippen molar-refractivity contribution in [1.29, 1.82) is 0 Å². The summed E-state index contributed by atoms with van der Waals surface area (Å²) in [5.41, 5.74) is 6.38. The van der Waals surface area contributed by atoms with Gasteiger partial charge in [0.15, 0.2) is 0 Å². The maximum atomic E-state index is 13.1. The molecule has 0 aromatic heterocycles. The van der Waals surface area contributed by atoms with Gasteiger partial charge in [0, 0.05) is 57.6 Å². The second-order valence-corrected chi connectivity index (χ2v) is 10.7. The van der Waals surface area contributed by atoms with E-state index in [-0.39, 0.29) is 24.6 Å². The van der Waals surface area contributed by atoms with Gasteiger partial charge in [0.1, 0.15) is 12.1 Å². The van der Waals surface area contributed by atoms with Crippen molar-refractivity contribution in [2.75, 3.05) is 53.0 Å². The van der Waals surface area contributed by atoms with Crippen molar-refractivity contribution in [3.8, 4) is 0 Å². The van der Waals surface area contributed by atoms with Crippen molar-refractivity contribution < 1.29 is 27.5 Å². The molecule has 39 heavy (non-hydrogen) atoms. The van der Waals surface area contributed by atoms with E-state index in [0.29, 0.717) is 24.0 Å². The Hall–Kier alpha value is -3.29. The van der Waals surface area contributed by atoms with Crippen LogP contribution in [0.1, 0.15) is 25.7 Å². The van der Waals surface area contributed by atoms with Crippen molar-refractivity contribution in [1.82, 2.24) is 20.0 Å². The van der Waals surface area contributed by atoms with E-state index >= 15 is 0 Å². The molecule has 2 atom stereocenters. The van der Waals surface area contributed by atoms with E-state index in [2.05, 4.69) is 52.0 Å². The van der Waals surface area contributed by atoms with Crippen LogP contribution in [0.2, 0.25) is 0 Å². The first kappa shape index (κ1) is 27.3. The number of allylic oxidation sites excluding steroid dienone is 4. The molecule has 10 heteroatoms. The Labute approximate surface area is 226 Å². The lowest BCUT2D eigenvalue weighted by atomic mass is 9.93. The number of nitrogens with zero attached hydrogens (tertiary/aromatic N) is 3. The molecule has 1 N–H and O–H groups in total. The smallest absolute Gasteiger partial charge is 0.380 e. The Morgan fingerprint density at radius 2 is 2.13 bits per heavy atom. The van der Waals surface area contributed by atoms with Gasteiger partial charge < -0.3 is 19.9 Å². The van der Waals surface area contributed by atoms with Crippen molar-refractivity contribution in [2.45, 2.75) is 37.9 Å². The molecule has 3 fully saturated rings. The van der Waals surface area contributed by atoms with Crippen LogP contribution in [0.25, 0.3) is 0 Å². The van der Waals surface area contributed by atoms with Crippen LogP contribution in [0.4, 0.5) is 13.2 Å². The molecule has 0 aromatic rings. The fourth-order valence-electron chi connectivity index (χ4n) is 5.71. The van der Waals surface area contributed by atoms with Crippen molar-refractivity contribution >= 4 is 11.8 Å². The summed E-state index contributed by atoms with van der Waals surface area (Å²) < 4.78 is 44.9. The van der Waals surface area contributed by atoms with Crippen LogP contribution in [0.3, 0.4) is 0 Å². The summed E-state index contributed by atoms with van der Waals surface area (Å²) >= 11 is 0. The van der Waals surface area contributed by atoms with Gasteiger partial charge in [-0.05, 0) is 55.5 Å². The zero-order chi connectivity index (χ0) is 27.6. The minimum atomic E-state index is -4.62. The molecule has 0 bridgehead atoms. The molecule has 7 nitrogen and oxygen atoms in total. The molecule has 208 valence electrons. The predicted octanol–water partition coefficient (Wildman–Crippen LogP) is 3.21. The van der Waals surface area contributed by atoms with Gasteiger partial charge in [-0.15, -0.1) is 0 Å². The number of nitrogens with one attached hydrogen (secondary N) is 1. The average Bonchev–Trinajstić information content (AvgIpc) is 3.57. The van der Waals surface area contributed by atoms with Crippen LogP contribution in [0.5, 0.6) is 0 Å². The van der Waals surface area contributed by atoms with Gasteiger partial charge in [-0.25, -0.2) is 0 Å². The molecule has 0 spiro atoms. The molecule has 4 aliphatic heterocycles. The van der Waals surface area contributed by atoms with Crippen LogP contribution < -0.4 is 5.32 Å². The zero-order valence-electron chi connectivity index (χ0n) is 22.0. The number of amides is 2. The van der Waals surface area contributed by atoms with Crippen molar-refractivity contribution in [2.24, 2.45) is 5.92 Å². The minimum absolute atomic E-state index is 0.0683. The highest BCUT2D eigenvalue weighted by atomic mass is 19.4. The van der Waals surface area contributed by atoms with Gasteiger partial charge in [0.05, 0.1) is 12.2 Å². The minimum Gasteiger partial charge on any atom is -0.380 e. The van der Waals surface area contributed by atoms with E-state index in [1.807, 2.05) is 0 Å². The molecule has 2 unspecified atom stereocenters. The third-order valence-electron chi connectivity index (χ3n) is 7.90. The number of fused-ring (bicyclic) bond motifs is 1. The Kier molecular flexibility index (Phi) is 8.01. The Bertz CT molecular complexity index is 1240. The van der Waals surface area contributed by atoms with Crippen LogP contribution >= 0.6 is 0 Å². The summed E-state index contributed by atoms with van der Waals surface area (Å²) in [6, 6.07) is 0.374. The molecule has 5 aliphatic rings. The van der Waals surface area contributed by atoms with Crippen LogP contribution in [-0.2, 0) is 14.3 Å². The number of hydrogen-bond donors (Lipinski definition) is 1. The molecular formula is C29H33F3N4O3. The van der Waals surface area contributed by atoms with E-state index in [1.54, 1.807) is 6.20 Å². The van der Waals surface area contributed by atoms with Gasteiger partial charge in [0.25, 0.3) is 5.91 Å². The topological polar surface area (TPSA) is 65.1 Å². The first-order valence-electron chi connectivity index (χ1n) is 13.4. The quantitative estimate of drug-likeness (QED) is 0.501. The number of ether oxygens (including phenoxy) is 1. The maximum Gasteiger partial charge on any atom is 0.424 e. The molecule has 0 saturated carbocycles. The van der Waals surface area contributed by atoms with E-state index in [1.165, 1.54) is 10.5 Å². The molecule has 2 amide bonds. The highest BCUT2D eigenvalue weighted by Crippen LogP contribution is 2.33. The fraction of sp³-hybridized carbons (Fsp3) is 0.517. The number of carbonyl (C=O) groups is 2. The van der Waals surface area contributed by atoms with Crippen LogP contribution in [0, 0.1) is 5.92 Å². The molecule has 4 heterocycles. The van der Waals surface area contributed by atoms with Gasteiger partial charge >= 0.3 is 6.18 Å². The second kappa shape index (κ2) is 11.4. The molecule has 0 radical (unpaired) electrons. The SMILES string of the molecule is CN1C=CC=C(CCC2CN(C3CCOC3)C/C2=C/NC(=O)CN2CCC3=C=C=C(C(F)(F)F)C=C3C2=O)C1. The number of likely N-dealkylation sites (tertiary alicyclic amines) is 2. The van der Waals surface area contributed by atoms with Crippen LogP contribution in [0.15, 0.2) is 70.0 Å². The number of halogens is 3. The summed E-state index contributed by atoms with van der Waals surface area (Å²) in [6.45, 7) is 4.06. The van der Waals surface area contributed by atoms with Crippen LogP contribution in [-0.4, -0.2) is 91.7 Å². The highest BCUT2D eigenvalue weighted by Gasteiger charge is 2.37. The fourth-order valence-corrected chi connectivity index (χ4v) is 5.71. The summed E-state index contributed by atoms with van der Waals surface area (Å²) in [6.07, 6.45) is 7.51. The van der Waals surface area contributed by atoms with Gasteiger partial charge in [-0.1, -0.05) is 23.1 Å². The summed E-state index contributed by atoms with van der Waals surface area (Å²) in [4.78, 5) is 31.6. The predicted molar refractivity (Wildman–Crippen MR) is 139 cm³/mol. The lowest BCUT2D eigenvalue weighted by molar-refractivity contribution is -0.133. The largest absolute Gasteiger partial charge is 0.424 e. The van der Waals surface area contributed by atoms with Gasteiger partial charge in [0.2, 0.25) is 5.91 Å². The number of alkyl halides is 3. The molecule has 3 saturated heterocycles. The molecular weight excluding hydrogens is 509 g/mol. The zero-order valence-corrected chi connectivity index (χ0v) is 22.0.